The number of rotatable bonds is 4. The van der Waals surface area contributed by atoms with Crippen LogP contribution in [-0.4, -0.2) is 33.8 Å². The van der Waals surface area contributed by atoms with Crippen molar-refractivity contribution in [3.63, 3.8) is 0 Å². The first-order valence-electron chi connectivity index (χ1n) is 8.41. The number of methoxy groups -OCH3 is 3. The lowest BCUT2D eigenvalue weighted by Crippen LogP contribution is -2.36. The second kappa shape index (κ2) is 7.58. The van der Waals surface area contributed by atoms with E-state index < -0.39 is 0 Å². The summed E-state index contributed by atoms with van der Waals surface area (Å²) >= 11 is 3.55. The SMILES string of the molecule is COc1cc(C(=O)N2CCCc3cc(Br)cc(C)c32)cc(OC)c1OC. The van der Waals surface area contributed by atoms with Crippen LogP contribution in [0.5, 0.6) is 17.2 Å². The monoisotopic (exact) mass is 419 g/mol. The molecule has 2 aromatic rings. The number of anilines is 1. The fraction of sp³-hybridized carbons (Fsp3) is 0.350. The Morgan fingerprint density at radius 1 is 1.04 bits per heavy atom. The fourth-order valence-electron chi connectivity index (χ4n) is 3.48. The molecule has 138 valence electrons. The van der Waals surface area contributed by atoms with E-state index >= 15 is 0 Å². The van der Waals surface area contributed by atoms with Crippen LogP contribution in [0.15, 0.2) is 28.7 Å². The van der Waals surface area contributed by atoms with Gasteiger partial charge in [0.1, 0.15) is 0 Å². The van der Waals surface area contributed by atoms with Gasteiger partial charge in [-0.05, 0) is 55.2 Å². The highest BCUT2D eigenvalue weighted by Crippen LogP contribution is 2.40. The Kier molecular flexibility index (Phi) is 5.41. The summed E-state index contributed by atoms with van der Waals surface area (Å²) in [6.45, 7) is 2.72. The molecule has 3 rings (SSSR count). The van der Waals surface area contributed by atoms with E-state index in [0.29, 0.717) is 29.4 Å². The molecule has 1 amide bonds. The maximum atomic E-state index is 13.3. The minimum atomic E-state index is -0.0735. The number of carbonyl (C=O) groups excluding carboxylic acids is 1. The first-order valence-corrected chi connectivity index (χ1v) is 9.20. The minimum Gasteiger partial charge on any atom is -0.493 e. The zero-order valence-electron chi connectivity index (χ0n) is 15.4. The quantitative estimate of drug-likeness (QED) is 0.737. The lowest BCUT2D eigenvalue weighted by molar-refractivity contribution is 0.0984. The molecule has 0 spiro atoms. The summed E-state index contributed by atoms with van der Waals surface area (Å²) in [6, 6.07) is 7.54. The molecule has 0 atom stereocenters. The van der Waals surface area contributed by atoms with E-state index in [1.54, 1.807) is 33.5 Å². The minimum absolute atomic E-state index is 0.0735. The third kappa shape index (κ3) is 3.26. The molecule has 0 radical (unpaired) electrons. The van der Waals surface area contributed by atoms with Crippen molar-refractivity contribution in [3.05, 3.63) is 45.4 Å². The zero-order valence-corrected chi connectivity index (χ0v) is 17.0. The van der Waals surface area contributed by atoms with Crippen LogP contribution in [0.4, 0.5) is 5.69 Å². The van der Waals surface area contributed by atoms with E-state index in [-0.39, 0.29) is 5.91 Å². The Morgan fingerprint density at radius 2 is 1.69 bits per heavy atom. The molecule has 6 heteroatoms. The summed E-state index contributed by atoms with van der Waals surface area (Å²) in [5.41, 5.74) is 3.77. The second-order valence-corrected chi connectivity index (χ2v) is 7.12. The highest BCUT2D eigenvalue weighted by atomic mass is 79.9. The molecule has 1 heterocycles. The van der Waals surface area contributed by atoms with Gasteiger partial charge in [0, 0.05) is 16.6 Å². The molecular formula is C20H22BrNO4. The number of benzene rings is 2. The van der Waals surface area contributed by atoms with E-state index in [0.717, 1.165) is 28.6 Å². The van der Waals surface area contributed by atoms with Gasteiger partial charge in [-0.2, -0.15) is 0 Å². The van der Waals surface area contributed by atoms with Crippen molar-refractivity contribution < 1.29 is 19.0 Å². The van der Waals surface area contributed by atoms with Gasteiger partial charge in [-0.3, -0.25) is 4.79 Å². The number of hydrogen-bond acceptors (Lipinski definition) is 4. The third-order valence-electron chi connectivity index (χ3n) is 4.60. The van der Waals surface area contributed by atoms with Crippen molar-refractivity contribution in [2.75, 3.05) is 32.8 Å². The molecule has 0 aromatic heterocycles. The van der Waals surface area contributed by atoms with Crippen LogP contribution in [0.2, 0.25) is 0 Å². The van der Waals surface area contributed by atoms with Crippen LogP contribution < -0.4 is 19.1 Å². The average Bonchev–Trinajstić information content (AvgIpc) is 2.65. The summed E-state index contributed by atoms with van der Waals surface area (Å²) < 4.78 is 17.2. The lowest BCUT2D eigenvalue weighted by atomic mass is 9.97. The molecule has 0 aliphatic carbocycles. The number of nitrogens with zero attached hydrogens (tertiary/aromatic N) is 1. The predicted molar refractivity (Wildman–Crippen MR) is 105 cm³/mol. The molecule has 0 unspecified atom stereocenters. The molecule has 0 saturated heterocycles. The van der Waals surface area contributed by atoms with Gasteiger partial charge in [0.25, 0.3) is 5.91 Å². The smallest absolute Gasteiger partial charge is 0.258 e. The molecule has 0 saturated carbocycles. The normalized spacial score (nSPS) is 13.2. The van der Waals surface area contributed by atoms with E-state index in [1.165, 1.54) is 5.56 Å². The van der Waals surface area contributed by atoms with Crippen LogP contribution in [0.1, 0.15) is 27.9 Å². The largest absolute Gasteiger partial charge is 0.493 e. The molecule has 5 nitrogen and oxygen atoms in total. The van der Waals surface area contributed by atoms with Crippen LogP contribution >= 0.6 is 15.9 Å². The zero-order chi connectivity index (χ0) is 18.8. The van der Waals surface area contributed by atoms with Crippen LogP contribution in [0, 0.1) is 6.92 Å². The standard InChI is InChI=1S/C20H22BrNO4/c1-12-8-15(21)9-13-6-5-7-22(18(12)13)20(23)14-10-16(24-2)19(26-4)17(11-14)25-3/h8-11H,5-7H2,1-4H3. The van der Waals surface area contributed by atoms with Crippen molar-refractivity contribution in [2.45, 2.75) is 19.8 Å². The van der Waals surface area contributed by atoms with Crippen molar-refractivity contribution in [1.29, 1.82) is 0 Å². The number of aryl methyl sites for hydroxylation is 2. The predicted octanol–water partition coefficient (Wildman–Crippen LogP) is 4.38. The second-order valence-electron chi connectivity index (χ2n) is 6.20. The summed E-state index contributed by atoms with van der Waals surface area (Å²) in [5, 5.41) is 0. The van der Waals surface area contributed by atoms with E-state index in [4.69, 9.17) is 14.2 Å². The molecule has 0 fully saturated rings. The van der Waals surface area contributed by atoms with Gasteiger partial charge in [0.05, 0.1) is 27.0 Å². The van der Waals surface area contributed by atoms with Gasteiger partial charge in [-0.15, -0.1) is 0 Å². The average molecular weight is 420 g/mol. The Bertz CT molecular complexity index is 825. The van der Waals surface area contributed by atoms with E-state index in [2.05, 4.69) is 22.0 Å². The Balaban J connectivity index is 2.07. The van der Waals surface area contributed by atoms with Gasteiger partial charge in [-0.1, -0.05) is 15.9 Å². The fourth-order valence-corrected chi connectivity index (χ4v) is 4.10. The molecule has 0 N–H and O–H groups in total. The number of hydrogen-bond donors (Lipinski definition) is 0. The number of carbonyl (C=O) groups is 1. The Morgan fingerprint density at radius 3 is 2.27 bits per heavy atom. The highest BCUT2D eigenvalue weighted by Gasteiger charge is 2.27. The summed E-state index contributed by atoms with van der Waals surface area (Å²) in [5.74, 6) is 1.35. The number of fused-ring (bicyclic) bond motifs is 1. The summed E-state index contributed by atoms with van der Waals surface area (Å²) in [7, 11) is 4.64. The van der Waals surface area contributed by atoms with Crippen molar-refractivity contribution in [3.8, 4) is 17.2 Å². The van der Waals surface area contributed by atoms with Crippen molar-refractivity contribution >= 4 is 27.5 Å². The number of amides is 1. The number of halogens is 1. The first-order chi connectivity index (χ1) is 12.5. The van der Waals surface area contributed by atoms with Gasteiger partial charge in [0.15, 0.2) is 11.5 Å². The van der Waals surface area contributed by atoms with E-state index in [1.807, 2.05) is 17.9 Å². The Labute approximate surface area is 162 Å². The molecule has 26 heavy (non-hydrogen) atoms. The maximum absolute atomic E-state index is 13.3. The van der Waals surface area contributed by atoms with Gasteiger partial charge in [0.2, 0.25) is 5.75 Å². The maximum Gasteiger partial charge on any atom is 0.258 e. The number of ether oxygens (including phenoxy) is 3. The molecule has 1 aliphatic rings. The Hall–Kier alpha value is -2.21. The van der Waals surface area contributed by atoms with E-state index in [9.17, 15) is 4.79 Å². The molecule has 1 aliphatic heterocycles. The highest BCUT2D eigenvalue weighted by molar-refractivity contribution is 9.10. The third-order valence-corrected chi connectivity index (χ3v) is 5.06. The van der Waals surface area contributed by atoms with Crippen LogP contribution in [-0.2, 0) is 6.42 Å². The van der Waals surface area contributed by atoms with Gasteiger partial charge >= 0.3 is 0 Å². The molecular weight excluding hydrogens is 398 g/mol. The molecule has 0 bridgehead atoms. The topological polar surface area (TPSA) is 48.0 Å². The molecule has 2 aromatic carbocycles. The van der Waals surface area contributed by atoms with Crippen LogP contribution in [0.25, 0.3) is 0 Å². The summed E-state index contributed by atoms with van der Waals surface area (Å²) in [6.07, 6.45) is 1.90. The first kappa shape index (κ1) is 18.6. The van der Waals surface area contributed by atoms with Gasteiger partial charge in [-0.25, -0.2) is 0 Å². The van der Waals surface area contributed by atoms with Crippen LogP contribution in [0.3, 0.4) is 0 Å². The summed E-state index contributed by atoms with van der Waals surface area (Å²) in [4.78, 5) is 15.1. The van der Waals surface area contributed by atoms with Gasteiger partial charge < -0.3 is 19.1 Å². The van der Waals surface area contributed by atoms with Crippen molar-refractivity contribution in [2.24, 2.45) is 0 Å². The lowest BCUT2D eigenvalue weighted by Gasteiger charge is -2.31. The van der Waals surface area contributed by atoms with Crippen molar-refractivity contribution in [1.82, 2.24) is 0 Å².